The van der Waals surface area contributed by atoms with Crippen molar-refractivity contribution in [3.05, 3.63) is 40.5 Å². The van der Waals surface area contributed by atoms with E-state index in [0.29, 0.717) is 18.3 Å². The molecule has 0 amide bonds. The molecule has 1 saturated carbocycles. The van der Waals surface area contributed by atoms with Crippen LogP contribution in [0.25, 0.3) is 0 Å². The monoisotopic (exact) mass is 310 g/mol. The number of allylic oxidation sites excluding steroid dienone is 1. The topological polar surface area (TPSA) is 26.3 Å². The van der Waals surface area contributed by atoms with Gasteiger partial charge in [0.05, 0.1) is 12.7 Å². The lowest BCUT2D eigenvalue weighted by molar-refractivity contribution is 0.0987. The highest BCUT2D eigenvalue weighted by atomic mass is 16.5. The van der Waals surface area contributed by atoms with Gasteiger partial charge in [-0.1, -0.05) is 26.0 Å². The zero-order chi connectivity index (χ0) is 16.4. The number of carbonyl (C=O) groups is 1. The molecule has 3 aliphatic rings. The van der Waals surface area contributed by atoms with Crippen molar-refractivity contribution in [3.8, 4) is 5.75 Å². The molecule has 0 aliphatic heterocycles. The minimum absolute atomic E-state index is 0.163. The van der Waals surface area contributed by atoms with Gasteiger partial charge in [-0.2, -0.15) is 0 Å². The second-order valence-corrected chi connectivity index (χ2v) is 7.94. The molecule has 0 bridgehead atoms. The van der Waals surface area contributed by atoms with Gasteiger partial charge in [0, 0.05) is 6.42 Å². The molecule has 3 atom stereocenters. The summed E-state index contributed by atoms with van der Waals surface area (Å²) in [5.41, 5.74) is 6.64. The first-order chi connectivity index (χ1) is 11.0. The summed E-state index contributed by atoms with van der Waals surface area (Å²) < 4.78 is 5.65. The van der Waals surface area contributed by atoms with E-state index in [1.165, 1.54) is 47.9 Å². The van der Waals surface area contributed by atoms with E-state index >= 15 is 0 Å². The van der Waals surface area contributed by atoms with Gasteiger partial charge in [-0.15, -0.1) is 0 Å². The average Bonchev–Trinajstić information content (AvgIpc) is 2.82. The number of benzene rings is 1. The molecule has 122 valence electrons. The molecule has 1 fully saturated rings. The quantitative estimate of drug-likeness (QED) is 0.686. The Morgan fingerprint density at radius 3 is 2.87 bits per heavy atom. The minimum Gasteiger partial charge on any atom is -0.496 e. The molecule has 0 radical (unpaired) electrons. The molecule has 0 aromatic heterocycles. The Morgan fingerprint density at radius 2 is 2.13 bits per heavy atom. The predicted molar refractivity (Wildman–Crippen MR) is 92.5 cm³/mol. The molecule has 23 heavy (non-hydrogen) atoms. The van der Waals surface area contributed by atoms with Gasteiger partial charge in [-0.05, 0) is 72.1 Å². The second kappa shape index (κ2) is 4.96. The van der Waals surface area contributed by atoms with Crippen molar-refractivity contribution in [1.29, 1.82) is 0 Å². The average molecular weight is 310 g/mol. The highest BCUT2D eigenvalue weighted by molar-refractivity contribution is 6.04. The van der Waals surface area contributed by atoms with Crippen LogP contribution >= 0.6 is 0 Å². The third-order valence-electron chi connectivity index (χ3n) is 6.68. The normalized spacial score (nSPS) is 32.3. The molecule has 0 spiro atoms. The molecule has 1 unspecified atom stereocenters. The largest absolute Gasteiger partial charge is 0.496 e. The van der Waals surface area contributed by atoms with Gasteiger partial charge >= 0.3 is 0 Å². The van der Waals surface area contributed by atoms with Crippen molar-refractivity contribution >= 4 is 5.78 Å². The van der Waals surface area contributed by atoms with Crippen LogP contribution in [0.4, 0.5) is 0 Å². The molecule has 0 saturated heterocycles. The lowest BCUT2D eigenvalue weighted by Crippen LogP contribution is -2.41. The van der Waals surface area contributed by atoms with E-state index in [2.05, 4.69) is 26.5 Å². The minimum atomic E-state index is 0.163. The number of hydrogen-bond donors (Lipinski definition) is 0. The molecule has 1 aromatic carbocycles. The van der Waals surface area contributed by atoms with Crippen molar-refractivity contribution in [2.75, 3.05) is 7.11 Å². The van der Waals surface area contributed by atoms with E-state index in [9.17, 15) is 4.79 Å². The van der Waals surface area contributed by atoms with E-state index in [4.69, 9.17) is 4.74 Å². The number of hydrogen-bond acceptors (Lipinski definition) is 2. The van der Waals surface area contributed by atoms with Gasteiger partial charge in [-0.3, -0.25) is 4.79 Å². The number of fused-ring (bicyclic) bond motifs is 5. The van der Waals surface area contributed by atoms with Gasteiger partial charge in [0.1, 0.15) is 5.75 Å². The van der Waals surface area contributed by atoms with Crippen LogP contribution in [0.2, 0.25) is 0 Å². The highest BCUT2D eigenvalue weighted by Gasteiger charge is 2.46. The summed E-state index contributed by atoms with van der Waals surface area (Å²) in [5, 5.41) is 0. The van der Waals surface area contributed by atoms with E-state index < -0.39 is 0 Å². The van der Waals surface area contributed by atoms with Crippen LogP contribution in [0.1, 0.15) is 78.9 Å². The fourth-order valence-electron chi connectivity index (χ4n) is 5.59. The van der Waals surface area contributed by atoms with Crippen LogP contribution in [0, 0.1) is 5.92 Å². The number of carbonyl (C=O) groups excluding carboxylic acids is 1. The van der Waals surface area contributed by atoms with Gasteiger partial charge in [-0.25, -0.2) is 0 Å². The van der Waals surface area contributed by atoms with Gasteiger partial charge in [0.2, 0.25) is 0 Å². The molecule has 0 N–H and O–H groups in total. The Labute approximate surface area is 138 Å². The predicted octanol–water partition coefficient (Wildman–Crippen LogP) is 4.95. The Morgan fingerprint density at radius 1 is 1.35 bits per heavy atom. The molecule has 2 heteroatoms. The summed E-state index contributed by atoms with van der Waals surface area (Å²) in [6, 6.07) is 2.19. The highest BCUT2D eigenvalue weighted by Crippen LogP contribution is 2.55. The van der Waals surface area contributed by atoms with Crippen LogP contribution < -0.4 is 4.74 Å². The van der Waals surface area contributed by atoms with Gasteiger partial charge in [0.25, 0.3) is 0 Å². The summed E-state index contributed by atoms with van der Waals surface area (Å²) in [6.45, 7) is 8.98. The Hall–Kier alpha value is -1.57. The zero-order valence-corrected chi connectivity index (χ0v) is 14.5. The first-order valence-corrected chi connectivity index (χ1v) is 8.92. The summed E-state index contributed by atoms with van der Waals surface area (Å²) in [4.78, 5) is 12.5. The summed E-state index contributed by atoms with van der Waals surface area (Å²) in [7, 11) is 1.70. The molecular formula is C21H26O2. The van der Waals surface area contributed by atoms with Crippen molar-refractivity contribution in [2.45, 2.75) is 63.7 Å². The standard InChI is InChI=1S/C21H26O2/c1-12-6-5-9-21(3)15(12)8-7-14-16(21)11-18(23-4)20-17(22)10-13(2)19(14)20/h11,13,15H,1,5-10H2,2-4H3/t13?,15-,21-/m0/s1. The fourth-order valence-corrected chi connectivity index (χ4v) is 5.59. The lowest BCUT2D eigenvalue weighted by atomic mass is 9.56. The molecule has 3 aliphatic carbocycles. The SMILES string of the molecule is C=C1CCC[C@]2(C)c3cc(OC)c4c(c3CC[C@@H]12)C(C)CC4=O. The van der Waals surface area contributed by atoms with Crippen molar-refractivity contribution < 1.29 is 9.53 Å². The maximum atomic E-state index is 12.5. The third kappa shape index (κ3) is 1.90. The molecular weight excluding hydrogens is 284 g/mol. The van der Waals surface area contributed by atoms with E-state index in [0.717, 1.165) is 17.7 Å². The van der Waals surface area contributed by atoms with Crippen LogP contribution in [0.15, 0.2) is 18.2 Å². The number of methoxy groups -OCH3 is 1. The Kier molecular flexibility index (Phi) is 3.23. The number of ketones is 1. The first-order valence-electron chi connectivity index (χ1n) is 8.92. The first kappa shape index (κ1) is 15.0. The molecule has 0 heterocycles. The second-order valence-electron chi connectivity index (χ2n) is 7.94. The summed E-state index contributed by atoms with van der Waals surface area (Å²) in [5.74, 6) is 1.96. The van der Waals surface area contributed by atoms with Crippen molar-refractivity contribution in [3.63, 3.8) is 0 Å². The van der Waals surface area contributed by atoms with E-state index in [-0.39, 0.29) is 11.2 Å². The molecule has 2 nitrogen and oxygen atoms in total. The van der Waals surface area contributed by atoms with Crippen LogP contribution in [-0.4, -0.2) is 12.9 Å². The number of Topliss-reactive ketones (excluding diaryl/α,β-unsaturated/α-hetero) is 1. The number of rotatable bonds is 1. The smallest absolute Gasteiger partial charge is 0.167 e. The van der Waals surface area contributed by atoms with Crippen LogP contribution in [-0.2, 0) is 11.8 Å². The lowest BCUT2D eigenvalue weighted by Gasteiger charge is -2.48. The van der Waals surface area contributed by atoms with Gasteiger partial charge in [0.15, 0.2) is 5.78 Å². The van der Waals surface area contributed by atoms with Gasteiger partial charge < -0.3 is 4.74 Å². The van der Waals surface area contributed by atoms with Crippen molar-refractivity contribution in [1.82, 2.24) is 0 Å². The van der Waals surface area contributed by atoms with Crippen molar-refractivity contribution in [2.24, 2.45) is 5.92 Å². The Balaban J connectivity index is 1.98. The maximum Gasteiger partial charge on any atom is 0.167 e. The summed E-state index contributed by atoms with van der Waals surface area (Å²) in [6.07, 6.45) is 6.51. The third-order valence-corrected chi connectivity index (χ3v) is 6.68. The van der Waals surface area contributed by atoms with Crippen LogP contribution in [0.5, 0.6) is 5.75 Å². The molecule has 4 rings (SSSR count). The van der Waals surface area contributed by atoms with Crippen LogP contribution in [0.3, 0.4) is 0 Å². The number of ether oxygens (including phenoxy) is 1. The Bertz CT molecular complexity index is 715. The maximum absolute atomic E-state index is 12.5. The summed E-state index contributed by atoms with van der Waals surface area (Å²) >= 11 is 0. The fraction of sp³-hybridized carbons (Fsp3) is 0.571. The van der Waals surface area contributed by atoms with E-state index in [1.54, 1.807) is 7.11 Å². The molecule has 1 aromatic rings. The zero-order valence-electron chi connectivity index (χ0n) is 14.5. The van der Waals surface area contributed by atoms with E-state index in [1.807, 2.05) is 0 Å².